The lowest BCUT2D eigenvalue weighted by Gasteiger charge is -2.36. The van der Waals surface area contributed by atoms with Crippen LogP contribution in [0.25, 0.3) is 0 Å². The summed E-state index contributed by atoms with van der Waals surface area (Å²) in [5.41, 5.74) is -3.42. The third-order valence-corrected chi connectivity index (χ3v) is 7.30. The van der Waals surface area contributed by atoms with Crippen molar-refractivity contribution >= 4 is 23.6 Å². The van der Waals surface area contributed by atoms with Gasteiger partial charge in [0.2, 0.25) is 11.8 Å². The van der Waals surface area contributed by atoms with Crippen molar-refractivity contribution in [3.63, 3.8) is 0 Å². The maximum Gasteiger partial charge on any atom is 0.471 e. The number of nitrogens with one attached hydrogen (secondary N) is 3. The highest BCUT2D eigenvalue weighted by molar-refractivity contribution is 5.94. The molecule has 0 aromatic rings. The quantitative estimate of drug-likeness (QED) is 0.458. The van der Waals surface area contributed by atoms with Gasteiger partial charge >= 0.3 is 12.1 Å². The van der Waals surface area contributed by atoms with E-state index in [4.69, 9.17) is 0 Å². The normalized spacial score (nSPS) is 29.7. The molecule has 0 spiro atoms. The molecule has 3 fully saturated rings. The van der Waals surface area contributed by atoms with Crippen LogP contribution in [0.2, 0.25) is 0 Å². The summed E-state index contributed by atoms with van der Waals surface area (Å²) in [5.74, 6) is -5.05. The van der Waals surface area contributed by atoms with Crippen LogP contribution < -0.4 is 16.0 Å². The average molecular weight is 518 g/mol. The molecule has 36 heavy (non-hydrogen) atoms. The van der Waals surface area contributed by atoms with Crippen molar-refractivity contribution < 1.29 is 36.7 Å². The predicted molar refractivity (Wildman–Crippen MR) is 117 cm³/mol. The van der Waals surface area contributed by atoms with Crippen LogP contribution in [0.4, 0.5) is 17.6 Å². The van der Waals surface area contributed by atoms with E-state index in [1.165, 1.54) is 25.7 Å². The molecule has 0 radical (unpaired) electrons. The summed E-state index contributed by atoms with van der Waals surface area (Å²) >= 11 is 0. The van der Waals surface area contributed by atoms with Crippen LogP contribution in [-0.2, 0) is 19.2 Å². The van der Waals surface area contributed by atoms with Gasteiger partial charge in [-0.1, -0.05) is 27.2 Å². The molecule has 0 bridgehead atoms. The summed E-state index contributed by atoms with van der Waals surface area (Å²) in [7, 11) is 0. The molecule has 0 aromatic heterocycles. The Morgan fingerprint density at radius 1 is 1.22 bits per heavy atom. The Bertz CT molecular complexity index is 960. The molecule has 4 amide bonds. The first-order valence-corrected chi connectivity index (χ1v) is 11.9. The van der Waals surface area contributed by atoms with Gasteiger partial charge < -0.3 is 20.9 Å². The Balaban J connectivity index is 1.83. The van der Waals surface area contributed by atoms with Crippen LogP contribution in [0.5, 0.6) is 0 Å². The Kier molecular flexibility index (Phi) is 7.58. The number of carbonyl (C=O) groups excluding carboxylic acids is 4. The molecule has 2 aliphatic heterocycles. The first-order valence-electron chi connectivity index (χ1n) is 11.9. The van der Waals surface area contributed by atoms with Crippen molar-refractivity contribution in [1.82, 2.24) is 20.9 Å². The highest BCUT2D eigenvalue weighted by atomic mass is 19.4. The van der Waals surface area contributed by atoms with Gasteiger partial charge in [0.15, 0.2) is 5.67 Å². The van der Waals surface area contributed by atoms with Crippen LogP contribution in [0.3, 0.4) is 0 Å². The number of nitrogens with zero attached hydrogens (tertiary/aromatic N) is 2. The molecule has 2 heterocycles. The smallest absolute Gasteiger partial charge is 0.353 e. The Hall–Kier alpha value is -2.91. The number of halogens is 4. The fourth-order valence-corrected chi connectivity index (χ4v) is 5.45. The maximum atomic E-state index is 14.9. The van der Waals surface area contributed by atoms with E-state index in [1.807, 2.05) is 0 Å². The fourth-order valence-electron chi connectivity index (χ4n) is 5.45. The van der Waals surface area contributed by atoms with Crippen molar-refractivity contribution in [3.8, 4) is 6.07 Å². The van der Waals surface area contributed by atoms with E-state index in [9.17, 15) is 42.0 Å². The predicted octanol–water partition coefficient (Wildman–Crippen LogP) is 1.33. The SMILES string of the molecule is CC(C)(C)C(NC(=O)C(F)(F)F)C(=O)N1C[C@@H]2CCC[C@@H]2[C@H]1C(=O)N[C@H](C#N)C[C@]1(F)CCNC1=O. The molecular formula is C23H31F4N5O4. The number of hydrogen-bond acceptors (Lipinski definition) is 5. The van der Waals surface area contributed by atoms with Gasteiger partial charge in [-0.05, 0) is 30.1 Å². The molecule has 9 nitrogen and oxygen atoms in total. The molecule has 1 aliphatic carbocycles. The van der Waals surface area contributed by atoms with E-state index in [-0.39, 0.29) is 31.3 Å². The molecule has 3 aliphatic rings. The fraction of sp³-hybridized carbons (Fsp3) is 0.783. The van der Waals surface area contributed by atoms with Crippen molar-refractivity contribution in [3.05, 3.63) is 0 Å². The zero-order valence-corrected chi connectivity index (χ0v) is 20.4. The lowest BCUT2D eigenvalue weighted by atomic mass is 9.85. The van der Waals surface area contributed by atoms with Gasteiger partial charge in [-0.15, -0.1) is 0 Å². The van der Waals surface area contributed by atoms with Crippen molar-refractivity contribution in [2.24, 2.45) is 17.3 Å². The molecule has 13 heteroatoms. The monoisotopic (exact) mass is 517 g/mol. The molecule has 1 unspecified atom stereocenters. The number of nitriles is 1. The minimum Gasteiger partial charge on any atom is -0.353 e. The van der Waals surface area contributed by atoms with Crippen molar-refractivity contribution in [1.29, 1.82) is 5.26 Å². The number of likely N-dealkylation sites (tertiary alicyclic amines) is 1. The van der Waals surface area contributed by atoms with E-state index in [0.29, 0.717) is 12.8 Å². The second-order valence-corrected chi connectivity index (χ2v) is 10.9. The Labute approximate surface area is 206 Å². The molecule has 6 atom stereocenters. The van der Waals surface area contributed by atoms with Gasteiger partial charge in [0, 0.05) is 25.9 Å². The standard InChI is InChI=1S/C23H31F4N5O4/c1-21(2,3)16(31-20(36)23(25,26)27)18(34)32-11-12-5-4-6-14(12)15(32)17(33)30-13(10-28)9-22(24)7-8-29-19(22)35/h12-16H,4-9,11H2,1-3H3,(H,29,35)(H,30,33)(H,31,36)/t12-,13-,14-,15-,16?,22+/m0/s1. The van der Waals surface area contributed by atoms with Gasteiger partial charge in [0.05, 0.1) is 6.07 Å². The summed E-state index contributed by atoms with van der Waals surface area (Å²) in [4.78, 5) is 51.5. The number of alkyl halides is 4. The molecule has 0 aromatic carbocycles. The number of hydrogen-bond donors (Lipinski definition) is 3. The maximum absolute atomic E-state index is 14.9. The Morgan fingerprint density at radius 3 is 2.42 bits per heavy atom. The lowest BCUT2D eigenvalue weighted by Crippen LogP contribution is -2.60. The van der Waals surface area contributed by atoms with Gasteiger partial charge in [-0.25, -0.2) is 4.39 Å². The second-order valence-electron chi connectivity index (χ2n) is 10.9. The first kappa shape index (κ1) is 27.7. The van der Waals surface area contributed by atoms with E-state index >= 15 is 0 Å². The van der Waals surface area contributed by atoms with Gasteiger partial charge in [-0.3, -0.25) is 19.2 Å². The summed E-state index contributed by atoms with van der Waals surface area (Å²) in [5, 5.41) is 16.1. The molecule has 200 valence electrons. The van der Waals surface area contributed by atoms with Gasteiger partial charge in [0.1, 0.15) is 18.1 Å². The zero-order valence-electron chi connectivity index (χ0n) is 20.4. The highest BCUT2D eigenvalue weighted by Crippen LogP contribution is 2.43. The molecule has 3 rings (SSSR count). The minimum absolute atomic E-state index is 0.0719. The number of amides is 4. The molecular weight excluding hydrogens is 486 g/mol. The van der Waals surface area contributed by atoms with Gasteiger partial charge in [-0.2, -0.15) is 18.4 Å². The minimum atomic E-state index is -5.20. The summed E-state index contributed by atoms with van der Waals surface area (Å²) in [6.07, 6.45) is -3.81. The second kappa shape index (κ2) is 9.86. The topological polar surface area (TPSA) is 131 Å². The van der Waals surface area contributed by atoms with Crippen LogP contribution in [0.1, 0.15) is 52.9 Å². The first-order chi connectivity index (χ1) is 16.6. The largest absolute Gasteiger partial charge is 0.471 e. The summed E-state index contributed by atoms with van der Waals surface area (Å²) in [6, 6.07) is -2.23. The number of fused-ring (bicyclic) bond motifs is 1. The number of carbonyl (C=O) groups is 4. The average Bonchev–Trinajstić information content (AvgIpc) is 3.44. The summed E-state index contributed by atoms with van der Waals surface area (Å²) < 4.78 is 53.8. The highest BCUT2D eigenvalue weighted by Gasteiger charge is 2.53. The zero-order chi connectivity index (χ0) is 27.1. The molecule has 2 saturated heterocycles. The lowest BCUT2D eigenvalue weighted by molar-refractivity contribution is -0.176. The molecule has 3 N–H and O–H groups in total. The van der Waals surface area contributed by atoms with Crippen molar-refractivity contribution in [2.75, 3.05) is 13.1 Å². The Morgan fingerprint density at radius 2 is 1.89 bits per heavy atom. The molecule has 1 saturated carbocycles. The van der Waals surface area contributed by atoms with Crippen LogP contribution >= 0.6 is 0 Å². The van der Waals surface area contributed by atoms with E-state index < -0.39 is 65.4 Å². The van der Waals surface area contributed by atoms with E-state index in [2.05, 4.69) is 10.6 Å². The van der Waals surface area contributed by atoms with E-state index in [1.54, 1.807) is 11.4 Å². The van der Waals surface area contributed by atoms with Crippen LogP contribution in [0.15, 0.2) is 0 Å². The van der Waals surface area contributed by atoms with E-state index in [0.717, 1.165) is 6.42 Å². The van der Waals surface area contributed by atoms with Crippen LogP contribution in [-0.4, -0.2) is 71.6 Å². The third-order valence-electron chi connectivity index (χ3n) is 7.30. The number of rotatable bonds is 6. The van der Waals surface area contributed by atoms with Crippen LogP contribution in [0, 0.1) is 28.6 Å². The van der Waals surface area contributed by atoms with Gasteiger partial charge in [0.25, 0.3) is 5.91 Å². The third kappa shape index (κ3) is 5.57. The summed E-state index contributed by atoms with van der Waals surface area (Å²) in [6.45, 7) is 4.71. The van der Waals surface area contributed by atoms with Crippen molar-refractivity contribution in [2.45, 2.75) is 82.8 Å².